The van der Waals surface area contributed by atoms with Gasteiger partial charge in [0.25, 0.3) is 0 Å². The molecule has 0 saturated heterocycles. The van der Waals surface area contributed by atoms with Crippen molar-refractivity contribution in [2.45, 2.75) is 6.54 Å². The Morgan fingerprint density at radius 1 is 1.54 bits per heavy atom. The summed E-state index contributed by atoms with van der Waals surface area (Å²) in [6.45, 7) is 0.477. The van der Waals surface area contributed by atoms with Crippen molar-refractivity contribution >= 4 is 0 Å². The van der Waals surface area contributed by atoms with E-state index in [2.05, 4.69) is 15.0 Å². The van der Waals surface area contributed by atoms with Crippen LogP contribution in [0.3, 0.4) is 0 Å². The lowest BCUT2D eigenvalue weighted by atomic mass is 10.4. The molecule has 0 saturated carbocycles. The number of aromatic amines is 1. The lowest BCUT2D eigenvalue weighted by Crippen LogP contribution is -2.17. The van der Waals surface area contributed by atoms with Gasteiger partial charge in [0, 0.05) is 18.6 Å². The normalized spacial score (nSPS) is 10.2. The molecule has 5 nitrogen and oxygen atoms in total. The molecule has 0 unspecified atom stereocenters. The standard InChI is InChI=1S/C8H8N4O/c13-8-10-3-4-12(8)5-7-1-2-9-6-11-7/h1-4,6H,5H2,(H,10,13). The fourth-order valence-electron chi connectivity index (χ4n) is 1.06. The summed E-state index contributed by atoms with van der Waals surface area (Å²) >= 11 is 0. The van der Waals surface area contributed by atoms with E-state index in [0.717, 1.165) is 5.69 Å². The molecule has 0 radical (unpaired) electrons. The molecule has 0 aliphatic heterocycles. The molecule has 2 aromatic heterocycles. The van der Waals surface area contributed by atoms with E-state index in [-0.39, 0.29) is 5.69 Å². The minimum atomic E-state index is -0.126. The lowest BCUT2D eigenvalue weighted by Gasteiger charge is -1.98. The molecular formula is C8H8N4O. The smallest absolute Gasteiger partial charge is 0.313 e. The SMILES string of the molecule is O=c1[nH]ccn1Cc1ccncn1. The Balaban J connectivity index is 2.25. The Morgan fingerprint density at radius 3 is 3.08 bits per heavy atom. The van der Waals surface area contributed by atoms with Crippen LogP contribution in [0.15, 0.2) is 35.8 Å². The number of H-pyrrole nitrogens is 1. The molecule has 0 aliphatic carbocycles. The number of nitrogens with one attached hydrogen (secondary N) is 1. The van der Waals surface area contributed by atoms with E-state index in [4.69, 9.17) is 0 Å². The molecule has 0 spiro atoms. The maximum absolute atomic E-state index is 11.1. The third-order valence-electron chi connectivity index (χ3n) is 1.70. The summed E-state index contributed by atoms with van der Waals surface area (Å²) in [6.07, 6.45) is 6.40. The zero-order valence-corrected chi connectivity index (χ0v) is 6.84. The predicted molar refractivity (Wildman–Crippen MR) is 46.2 cm³/mol. The number of aromatic nitrogens is 4. The first-order valence-corrected chi connectivity index (χ1v) is 3.85. The van der Waals surface area contributed by atoms with Gasteiger partial charge in [0.15, 0.2) is 0 Å². The van der Waals surface area contributed by atoms with Gasteiger partial charge in [-0.25, -0.2) is 14.8 Å². The summed E-state index contributed by atoms with van der Waals surface area (Å²) in [4.78, 5) is 21.4. The van der Waals surface area contributed by atoms with Crippen LogP contribution in [0.5, 0.6) is 0 Å². The van der Waals surface area contributed by atoms with Gasteiger partial charge in [0.1, 0.15) is 6.33 Å². The quantitative estimate of drug-likeness (QED) is 0.701. The highest BCUT2D eigenvalue weighted by molar-refractivity contribution is 4.99. The number of nitrogens with zero attached hydrogens (tertiary/aromatic N) is 3. The van der Waals surface area contributed by atoms with Crippen molar-refractivity contribution in [2.24, 2.45) is 0 Å². The van der Waals surface area contributed by atoms with Crippen molar-refractivity contribution in [1.29, 1.82) is 0 Å². The van der Waals surface area contributed by atoms with Crippen molar-refractivity contribution in [3.05, 3.63) is 47.2 Å². The first kappa shape index (κ1) is 7.72. The molecule has 13 heavy (non-hydrogen) atoms. The topological polar surface area (TPSA) is 63.6 Å². The first-order chi connectivity index (χ1) is 6.36. The average Bonchev–Trinajstić information content (AvgIpc) is 2.54. The summed E-state index contributed by atoms with van der Waals surface area (Å²) < 4.78 is 1.54. The van der Waals surface area contributed by atoms with Crippen LogP contribution in [0.4, 0.5) is 0 Å². The number of hydrogen-bond donors (Lipinski definition) is 1. The second-order valence-electron chi connectivity index (χ2n) is 2.59. The lowest BCUT2D eigenvalue weighted by molar-refractivity contribution is 0.738. The summed E-state index contributed by atoms with van der Waals surface area (Å²) in [7, 11) is 0. The maximum atomic E-state index is 11.1. The predicted octanol–water partition coefficient (Wildman–Crippen LogP) is 0.0147. The van der Waals surface area contributed by atoms with E-state index in [1.54, 1.807) is 29.2 Å². The van der Waals surface area contributed by atoms with Gasteiger partial charge in [-0.05, 0) is 6.07 Å². The van der Waals surface area contributed by atoms with E-state index in [1.165, 1.54) is 6.33 Å². The van der Waals surface area contributed by atoms with Gasteiger partial charge in [-0.2, -0.15) is 0 Å². The van der Waals surface area contributed by atoms with Gasteiger partial charge in [0.2, 0.25) is 0 Å². The van der Waals surface area contributed by atoms with Crippen LogP contribution in [-0.4, -0.2) is 19.5 Å². The summed E-state index contributed by atoms with van der Waals surface area (Å²) in [5.74, 6) is 0. The van der Waals surface area contributed by atoms with Crippen LogP contribution >= 0.6 is 0 Å². The summed E-state index contributed by atoms with van der Waals surface area (Å²) in [5.41, 5.74) is 0.690. The van der Waals surface area contributed by atoms with Gasteiger partial charge in [-0.1, -0.05) is 0 Å². The Morgan fingerprint density at radius 2 is 2.46 bits per heavy atom. The molecule has 0 fully saturated rings. The fraction of sp³-hybridized carbons (Fsp3) is 0.125. The van der Waals surface area contributed by atoms with E-state index in [1.807, 2.05) is 0 Å². The summed E-state index contributed by atoms with van der Waals surface area (Å²) in [5, 5.41) is 0. The van der Waals surface area contributed by atoms with Crippen LogP contribution in [0, 0.1) is 0 Å². The number of hydrogen-bond acceptors (Lipinski definition) is 3. The molecule has 0 aliphatic rings. The van der Waals surface area contributed by atoms with E-state index in [9.17, 15) is 4.79 Å². The second-order valence-corrected chi connectivity index (χ2v) is 2.59. The fourth-order valence-corrected chi connectivity index (χ4v) is 1.06. The molecule has 0 amide bonds. The van der Waals surface area contributed by atoms with Gasteiger partial charge in [-0.15, -0.1) is 0 Å². The van der Waals surface area contributed by atoms with E-state index in [0.29, 0.717) is 6.54 Å². The zero-order chi connectivity index (χ0) is 9.10. The summed E-state index contributed by atoms with van der Waals surface area (Å²) in [6, 6.07) is 1.78. The van der Waals surface area contributed by atoms with Crippen LogP contribution < -0.4 is 5.69 Å². The molecule has 0 aromatic carbocycles. The molecule has 66 valence electrons. The Labute approximate surface area is 74.1 Å². The van der Waals surface area contributed by atoms with Crippen molar-refractivity contribution in [3.63, 3.8) is 0 Å². The van der Waals surface area contributed by atoms with Crippen molar-refractivity contribution < 1.29 is 0 Å². The van der Waals surface area contributed by atoms with Crippen LogP contribution in [0.2, 0.25) is 0 Å². The minimum absolute atomic E-state index is 0.126. The first-order valence-electron chi connectivity index (χ1n) is 3.85. The van der Waals surface area contributed by atoms with E-state index >= 15 is 0 Å². The monoisotopic (exact) mass is 176 g/mol. The van der Waals surface area contributed by atoms with Crippen molar-refractivity contribution in [3.8, 4) is 0 Å². The van der Waals surface area contributed by atoms with E-state index < -0.39 is 0 Å². The van der Waals surface area contributed by atoms with Crippen LogP contribution in [0.25, 0.3) is 0 Å². The van der Waals surface area contributed by atoms with Gasteiger partial charge in [0.05, 0.1) is 12.2 Å². The largest absolute Gasteiger partial charge is 0.325 e. The minimum Gasteiger partial charge on any atom is -0.313 e. The maximum Gasteiger partial charge on any atom is 0.325 e. The molecule has 2 rings (SSSR count). The molecular weight excluding hydrogens is 168 g/mol. The van der Waals surface area contributed by atoms with Crippen molar-refractivity contribution in [1.82, 2.24) is 19.5 Å². The van der Waals surface area contributed by atoms with Gasteiger partial charge < -0.3 is 4.98 Å². The molecule has 0 atom stereocenters. The highest BCUT2D eigenvalue weighted by atomic mass is 16.1. The highest BCUT2D eigenvalue weighted by Crippen LogP contribution is 1.92. The van der Waals surface area contributed by atoms with Crippen molar-refractivity contribution in [2.75, 3.05) is 0 Å². The van der Waals surface area contributed by atoms with Crippen LogP contribution in [-0.2, 0) is 6.54 Å². The highest BCUT2D eigenvalue weighted by Gasteiger charge is 1.97. The zero-order valence-electron chi connectivity index (χ0n) is 6.84. The third-order valence-corrected chi connectivity index (χ3v) is 1.70. The number of rotatable bonds is 2. The molecule has 2 heterocycles. The Bertz CT molecular complexity index is 431. The Kier molecular flexibility index (Phi) is 1.91. The Hall–Kier alpha value is -1.91. The third kappa shape index (κ3) is 1.64. The second kappa shape index (κ2) is 3.22. The van der Waals surface area contributed by atoms with Gasteiger partial charge >= 0.3 is 5.69 Å². The molecule has 0 bridgehead atoms. The molecule has 5 heteroatoms. The van der Waals surface area contributed by atoms with Gasteiger partial charge in [-0.3, -0.25) is 4.57 Å². The number of imidazole rings is 1. The average molecular weight is 176 g/mol. The van der Waals surface area contributed by atoms with Crippen LogP contribution in [0.1, 0.15) is 5.69 Å². The molecule has 1 N–H and O–H groups in total. The molecule has 2 aromatic rings.